The van der Waals surface area contributed by atoms with Gasteiger partial charge in [0.15, 0.2) is 6.10 Å². The minimum Gasteiger partial charge on any atom is -0.451 e. The Kier molecular flexibility index (Phi) is 8.59. The van der Waals surface area contributed by atoms with Crippen molar-refractivity contribution in [2.24, 2.45) is 17.8 Å². The second-order valence-corrected chi connectivity index (χ2v) is 13.5. The Morgan fingerprint density at radius 3 is 2.33 bits per heavy atom. The van der Waals surface area contributed by atoms with Crippen LogP contribution in [0.5, 0.6) is 0 Å². The van der Waals surface area contributed by atoms with E-state index in [0.29, 0.717) is 59.4 Å². The first-order valence-electron chi connectivity index (χ1n) is 14.7. The minimum absolute atomic E-state index is 0.142. The van der Waals surface area contributed by atoms with Crippen LogP contribution in [0.15, 0.2) is 65.1 Å². The lowest BCUT2D eigenvalue weighted by Gasteiger charge is -2.25. The maximum absolute atomic E-state index is 13.6. The van der Waals surface area contributed by atoms with Gasteiger partial charge in [-0.2, -0.15) is 0 Å². The molecule has 1 aromatic heterocycles. The van der Waals surface area contributed by atoms with Crippen LogP contribution in [0.25, 0.3) is 22.2 Å². The number of carbonyl (C=O) groups is 4. The summed E-state index contributed by atoms with van der Waals surface area (Å²) in [5.41, 5.74) is 3.35. The maximum Gasteiger partial charge on any atom is 0.339 e. The average Bonchev–Trinajstić information content (AvgIpc) is 3.27. The standard InChI is InChI=1S/C35H29BrCl2N2O5/c1-17-4-13-24-26(14-17)34(43)40(33(24)42)23-11-7-20(8-12-23)29-16-27(25-15-28(36)30(38)18(2)31(25)39-29)35(44)45-19(3)32(41)21-5-9-22(37)10-6-21/h5-12,15-17,19,24,26H,4,13-14H2,1-3H3. The number of fused-ring (bicyclic) bond motifs is 2. The molecule has 0 radical (unpaired) electrons. The first-order chi connectivity index (χ1) is 21.4. The Labute approximate surface area is 279 Å². The van der Waals surface area contributed by atoms with Gasteiger partial charge in [-0.15, -0.1) is 0 Å². The van der Waals surface area contributed by atoms with E-state index in [1.165, 1.54) is 11.8 Å². The molecule has 0 bridgehead atoms. The maximum atomic E-state index is 13.6. The second-order valence-electron chi connectivity index (χ2n) is 11.9. The van der Waals surface area contributed by atoms with Crippen LogP contribution in [0, 0.1) is 24.7 Å². The summed E-state index contributed by atoms with van der Waals surface area (Å²) in [6, 6.07) is 16.7. The van der Waals surface area contributed by atoms with E-state index < -0.39 is 12.1 Å². The van der Waals surface area contributed by atoms with E-state index in [4.69, 9.17) is 32.9 Å². The number of imide groups is 1. The molecule has 4 unspecified atom stereocenters. The molecule has 3 aromatic carbocycles. The van der Waals surface area contributed by atoms with Crippen LogP contribution in [0.4, 0.5) is 5.69 Å². The number of ketones is 1. The van der Waals surface area contributed by atoms with Crippen LogP contribution in [0.1, 0.15) is 59.4 Å². The van der Waals surface area contributed by atoms with Crippen LogP contribution in [0.2, 0.25) is 10.0 Å². The Morgan fingerprint density at radius 1 is 0.978 bits per heavy atom. The highest BCUT2D eigenvalue weighted by atomic mass is 79.9. The Hall–Kier alpha value is -3.59. The largest absolute Gasteiger partial charge is 0.451 e. The lowest BCUT2D eigenvalue weighted by molar-refractivity contribution is -0.122. The van der Waals surface area contributed by atoms with Crippen LogP contribution in [-0.4, -0.2) is 34.7 Å². The van der Waals surface area contributed by atoms with Gasteiger partial charge in [-0.3, -0.25) is 19.3 Å². The van der Waals surface area contributed by atoms with E-state index in [9.17, 15) is 19.2 Å². The molecule has 2 heterocycles. The zero-order chi connectivity index (χ0) is 32.2. The number of hydrogen-bond acceptors (Lipinski definition) is 6. The summed E-state index contributed by atoms with van der Waals surface area (Å²) >= 11 is 16.0. The fourth-order valence-electron chi connectivity index (χ4n) is 6.33. The van der Waals surface area contributed by atoms with Crippen LogP contribution in [0.3, 0.4) is 0 Å². The summed E-state index contributed by atoms with van der Waals surface area (Å²) in [5.74, 6) is -1.46. The van der Waals surface area contributed by atoms with Crippen molar-refractivity contribution in [2.45, 2.75) is 46.1 Å². The number of esters is 1. The van der Waals surface area contributed by atoms with Gasteiger partial charge in [-0.05, 0) is 109 Å². The fourth-order valence-corrected chi connectivity index (χ4v) is 7.13. The van der Waals surface area contributed by atoms with E-state index in [1.54, 1.807) is 60.7 Å². The third-order valence-electron chi connectivity index (χ3n) is 8.83. The number of rotatable bonds is 6. The van der Waals surface area contributed by atoms with E-state index >= 15 is 0 Å². The van der Waals surface area contributed by atoms with Crippen molar-refractivity contribution in [1.82, 2.24) is 4.98 Å². The summed E-state index contributed by atoms with van der Waals surface area (Å²) in [4.78, 5) is 59.3. The molecule has 45 heavy (non-hydrogen) atoms. The molecular formula is C35H29BrCl2N2O5. The first kappa shape index (κ1) is 31.4. The number of ether oxygens (including phenoxy) is 1. The van der Waals surface area contributed by atoms with E-state index in [0.717, 1.165) is 19.3 Å². The first-order valence-corrected chi connectivity index (χ1v) is 16.3. The summed E-state index contributed by atoms with van der Waals surface area (Å²) in [7, 11) is 0. The molecule has 230 valence electrons. The van der Waals surface area contributed by atoms with Gasteiger partial charge < -0.3 is 4.74 Å². The molecule has 0 spiro atoms. The topological polar surface area (TPSA) is 93.6 Å². The minimum atomic E-state index is -1.07. The molecule has 6 rings (SSSR count). The van der Waals surface area contributed by atoms with Crippen molar-refractivity contribution in [3.8, 4) is 11.3 Å². The molecule has 4 aromatic rings. The van der Waals surface area contributed by atoms with E-state index in [-0.39, 0.29) is 35.0 Å². The van der Waals surface area contributed by atoms with Crippen molar-refractivity contribution in [3.05, 3.63) is 91.9 Å². The molecule has 1 saturated heterocycles. The number of benzene rings is 3. The molecule has 4 atom stereocenters. The lowest BCUT2D eigenvalue weighted by atomic mass is 9.76. The van der Waals surface area contributed by atoms with Gasteiger partial charge in [0.1, 0.15) is 0 Å². The lowest BCUT2D eigenvalue weighted by Crippen LogP contribution is -2.30. The summed E-state index contributed by atoms with van der Waals surface area (Å²) < 4.78 is 6.26. The molecular weight excluding hydrogens is 679 g/mol. The fraction of sp³-hybridized carbons (Fsp3) is 0.286. The number of carbonyl (C=O) groups excluding carboxylic acids is 4. The highest BCUT2D eigenvalue weighted by Gasteiger charge is 2.50. The molecule has 2 fully saturated rings. The van der Waals surface area contributed by atoms with Gasteiger partial charge in [0.05, 0.1) is 39.3 Å². The Balaban J connectivity index is 1.34. The Morgan fingerprint density at radius 2 is 1.64 bits per heavy atom. The molecule has 10 heteroatoms. The van der Waals surface area contributed by atoms with Crippen molar-refractivity contribution >= 4 is 79.3 Å². The number of aromatic nitrogens is 1. The third kappa shape index (κ3) is 5.80. The highest BCUT2D eigenvalue weighted by Crippen LogP contribution is 2.42. The predicted octanol–water partition coefficient (Wildman–Crippen LogP) is 8.63. The second kappa shape index (κ2) is 12.3. The van der Waals surface area contributed by atoms with Gasteiger partial charge in [-0.1, -0.05) is 42.3 Å². The monoisotopic (exact) mass is 706 g/mol. The molecule has 2 amide bonds. The van der Waals surface area contributed by atoms with Crippen molar-refractivity contribution in [1.29, 1.82) is 0 Å². The zero-order valence-corrected chi connectivity index (χ0v) is 27.9. The number of hydrogen-bond donors (Lipinski definition) is 0. The number of pyridine rings is 1. The molecule has 7 nitrogen and oxygen atoms in total. The SMILES string of the molecule is Cc1c(Cl)c(Br)cc2c(C(=O)OC(C)C(=O)c3ccc(Cl)cc3)cc(-c3ccc(N4C(=O)C5CCC(C)CC5C4=O)cc3)nc12. The average molecular weight is 708 g/mol. The number of anilines is 1. The van der Waals surface area contributed by atoms with Gasteiger partial charge >= 0.3 is 5.97 Å². The van der Waals surface area contributed by atoms with E-state index in [2.05, 4.69) is 22.9 Å². The predicted molar refractivity (Wildman–Crippen MR) is 178 cm³/mol. The summed E-state index contributed by atoms with van der Waals surface area (Å²) in [6.07, 6.45) is 1.33. The van der Waals surface area contributed by atoms with E-state index in [1.807, 2.05) is 6.92 Å². The normalized spacial score (nSPS) is 20.3. The van der Waals surface area contributed by atoms with Crippen molar-refractivity contribution < 1.29 is 23.9 Å². The molecule has 1 aliphatic heterocycles. The smallest absolute Gasteiger partial charge is 0.339 e. The van der Waals surface area contributed by atoms with Crippen molar-refractivity contribution in [2.75, 3.05) is 4.90 Å². The number of nitrogens with zero attached hydrogens (tertiary/aromatic N) is 2. The van der Waals surface area contributed by atoms with Gasteiger partial charge in [0.2, 0.25) is 17.6 Å². The summed E-state index contributed by atoms with van der Waals surface area (Å²) in [5, 5.41) is 1.45. The number of Topliss-reactive ketones (excluding diaryl/α,β-unsaturated/α-hetero) is 1. The number of aryl methyl sites for hydroxylation is 1. The molecule has 1 saturated carbocycles. The van der Waals surface area contributed by atoms with Gasteiger partial charge in [0.25, 0.3) is 0 Å². The quantitative estimate of drug-likeness (QED) is 0.113. The highest BCUT2D eigenvalue weighted by molar-refractivity contribution is 9.10. The van der Waals surface area contributed by atoms with Crippen LogP contribution >= 0.6 is 39.1 Å². The zero-order valence-electron chi connectivity index (χ0n) is 24.8. The van der Waals surface area contributed by atoms with Crippen molar-refractivity contribution in [3.63, 3.8) is 0 Å². The molecule has 2 aliphatic rings. The Bertz CT molecular complexity index is 1880. The number of halogens is 3. The van der Waals surface area contributed by atoms with Gasteiger partial charge in [0, 0.05) is 26.0 Å². The molecule has 1 aliphatic carbocycles. The van der Waals surface area contributed by atoms with Gasteiger partial charge in [-0.25, -0.2) is 9.78 Å². The number of amides is 2. The van der Waals surface area contributed by atoms with Crippen LogP contribution in [-0.2, 0) is 14.3 Å². The molecule has 0 N–H and O–H groups in total. The third-order valence-corrected chi connectivity index (χ3v) is 10.4. The van der Waals surface area contributed by atoms with Crippen LogP contribution < -0.4 is 4.90 Å². The summed E-state index contributed by atoms with van der Waals surface area (Å²) in [6.45, 7) is 5.45.